The van der Waals surface area contributed by atoms with E-state index in [1.54, 1.807) is 0 Å². The van der Waals surface area contributed by atoms with E-state index in [1.165, 1.54) is 51.5 Å². The topological polar surface area (TPSA) is 9.23 Å². The van der Waals surface area contributed by atoms with Crippen molar-refractivity contribution in [2.45, 2.75) is 65.7 Å². The molecular weight excluding hydrogens is 222 g/mol. The molecule has 2 heteroatoms. The first-order chi connectivity index (χ1) is 8.52. The summed E-state index contributed by atoms with van der Waals surface area (Å²) in [5.41, 5.74) is 0. The lowest BCUT2D eigenvalue weighted by Crippen LogP contribution is -2.42. The molecule has 0 spiro atoms. The molecule has 0 radical (unpaired) electrons. The van der Waals surface area contributed by atoms with Crippen molar-refractivity contribution < 1.29 is 9.22 Å². The van der Waals surface area contributed by atoms with Crippen LogP contribution >= 0.6 is 0 Å². The first-order valence-electron chi connectivity index (χ1n) is 7.91. The molecule has 1 atom stereocenters. The number of unbranched alkanes of at least 4 members (excludes halogenated alkanes) is 5. The number of ether oxygens (including phenoxy) is 1. The Kier molecular flexibility index (Phi) is 10.8. The van der Waals surface area contributed by atoms with Crippen molar-refractivity contribution in [2.75, 3.05) is 34.0 Å². The average molecular weight is 258 g/mol. The summed E-state index contributed by atoms with van der Waals surface area (Å²) >= 11 is 0. The minimum absolute atomic E-state index is 0.694. The molecule has 0 bridgehead atoms. The Hall–Kier alpha value is -0.0800. The molecule has 0 saturated heterocycles. The Bertz CT molecular complexity index is 180. The fourth-order valence-corrected chi connectivity index (χ4v) is 2.00. The van der Waals surface area contributed by atoms with Gasteiger partial charge in [0.15, 0.2) is 6.73 Å². The molecule has 0 aromatic heterocycles. The van der Waals surface area contributed by atoms with Crippen LogP contribution in [-0.2, 0) is 4.74 Å². The van der Waals surface area contributed by atoms with Gasteiger partial charge in [0.05, 0.1) is 27.2 Å². The Morgan fingerprint density at radius 2 is 1.56 bits per heavy atom. The first kappa shape index (κ1) is 17.9. The number of nitrogens with zero attached hydrogens (tertiary/aromatic N) is 1. The van der Waals surface area contributed by atoms with Crippen LogP contribution in [0.3, 0.4) is 0 Å². The second kappa shape index (κ2) is 10.8. The van der Waals surface area contributed by atoms with Crippen LogP contribution in [0.4, 0.5) is 0 Å². The number of hydrogen-bond acceptors (Lipinski definition) is 1. The largest absolute Gasteiger partial charge is 0.331 e. The van der Waals surface area contributed by atoms with Crippen LogP contribution < -0.4 is 0 Å². The molecule has 0 aromatic carbocycles. The summed E-state index contributed by atoms with van der Waals surface area (Å²) in [5, 5.41) is 0. The van der Waals surface area contributed by atoms with E-state index < -0.39 is 0 Å². The minimum atomic E-state index is 0.694. The molecule has 0 amide bonds. The Balaban J connectivity index is 3.48. The van der Waals surface area contributed by atoms with Gasteiger partial charge in [-0.05, 0) is 18.8 Å². The van der Waals surface area contributed by atoms with E-state index in [2.05, 4.69) is 34.9 Å². The summed E-state index contributed by atoms with van der Waals surface area (Å²) in [4.78, 5) is 0. The van der Waals surface area contributed by atoms with Crippen LogP contribution in [0.15, 0.2) is 0 Å². The maximum absolute atomic E-state index is 5.82. The van der Waals surface area contributed by atoms with E-state index in [1.807, 2.05) is 0 Å². The normalized spacial score (nSPS) is 13.8. The minimum Gasteiger partial charge on any atom is -0.331 e. The van der Waals surface area contributed by atoms with Gasteiger partial charge in [0.1, 0.15) is 0 Å². The van der Waals surface area contributed by atoms with Crippen molar-refractivity contribution in [1.82, 2.24) is 0 Å². The highest BCUT2D eigenvalue weighted by Gasteiger charge is 2.14. The molecule has 0 aromatic rings. The quantitative estimate of drug-likeness (QED) is 0.286. The molecule has 2 nitrogen and oxygen atoms in total. The van der Waals surface area contributed by atoms with Crippen molar-refractivity contribution >= 4 is 0 Å². The van der Waals surface area contributed by atoms with Crippen molar-refractivity contribution in [1.29, 1.82) is 0 Å². The molecule has 0 aliphatic rings. The molecule has 0 heterocycles. The predicted molar refractivity (Wildman–Crippen MR) is 80.6 cm³/mol. The van der Waals surface area contributed by atoms with Gasteiger partial charge in [0, 0.05) is 0 Å². The van der Waals surface area contributed by atoms with E-state index >= 15 is 0 Å². The smallest absolute Gasteiger partial charge is 0.182 e. The lowest BCUT2D eigenvalue weighted by atomic mass is 10.1. The van der Waals surface area contributed by atoms with Gasteiger partial charge in [-0.1, -0.05) is 52.9 Å². The van der Waals surface area contributed by atoms with E-state index in [0.717, 1.165) is 17.8 Å². The second-order valence-corrected chi connectivity index (χ2v) is 6.44. The summed E-state index contributed by atoms with van der Waals surface area (Å²) in [6, 6.07) is 0. The SMILES string of the molecule is CCCCCCCC[N+](C)(C)COCC(C)CC. The molecule has 0 fully saturated rings. The standard InChI is InChI=1S/C16H36NO/c1-6-8-9-10-11-12-13-17(4,5)15-18-14-16(3)7-2/h16H,6-15H2,1-5H3/q+1. The van der Waals surface area contributed by atoms with Crippen molar-refractivity contribution in [3.05, 3.63) is 0 Å². The molecule has 110 valence electrons. The fourth-order valence-electron chi connectivity index (χ4n) is 2.00. The van der Waals surface area contributed by atoms with Crippen LogP contribution in [0.1, 0.15) is 65.7 Å². The Morgan fingerprint density at radius 3 is 2.17 bits per heavy atom. The molecule has 0 aliphatic carbocycles. The van der Waals surface area contributed by atoms with Crippen molar-refractivity contribution in [3.63, 3.8) is 0 Å². The Morgan fingerprint density at radius 1 is 0.944 bits per heavy atom. The highest BCUT2D eigenvalue weighted by atomic mass is 16.5. The number of hydrogen-bond donors (Lipinski definition) is 0. The lowest BCUT2D eigenvalue weighted by molar-refractivity contribution is -0.910. The Labute approximate surface area is 115 Å². The van der Waals surface area contributed by atoms with Crippen molar-refractivity contribution in [3.8, 4) is 0 Å². The van der Waals surface area contributed by atoms with Gasteiger partial charge >= 0.3 is 0 Å². The second-order valence-electron chi connectivity index (χ2n) is 6.44. The fraction of sp³-hybridized carbons (Fsp3) is 1.00. The molecule has 0 N–H and O–H groups in total. The van der Waals surface area contributed by atoms with Crippen LogP contribution in [0.25, 0.3) is 0 Å². The highest BCUT2D eigenvalue weighted by molar-refractivity contribution is 4.45. The molecule has 0 aliphatic heterocycles. The zero-order chi connectivity index (χ0) is 13.9. The molecular formula is C16H36NO+. The van der Waals surface area contributed by atoms with Crippen LogP contribution in [-0.4, -0.2) is 38.5 Å². The van der Waals surface area contributed by atoms with Gasteiger partial charge in [0.25, 0.3) is 0 Å². The molecule has 0 saturated carbocycles. The van der Waals surface area contributed by atoms with Gasteiger partial charge in [-0.3, -0.25) is 0 Å². The maximum Gasteiger partial charge on any atom is 0.182 e. The number of quaternary nitrogens is 1. The third-order valence-electron chi connectivity index (χ3n) is 3.66. The van der Waals surface area contributed by atoms with Gasteiger partial charge in [0.2, 0.25) is 0 Å². The third-order valence-corrected chi connectivity index (χ3v) is 3.66. The van der Waals surface area contributed by atoms with E-state index in [-0.39, 0.29) is 0 Å². The molecule has 0 rings (SSSR count). The lowest BCUT2D eigenvalue weighted by Gasteiger charge is -2.29. The number of rotatable bonds is 12. The third kappa shape index (κ3) is 11.0. The molecule has 18 heavy (non-hydrogen) atoms. The molecule has 1 unspecified atom stereocenters. The van der Waals surface area contributed by atoms with E-state index in [4.69, 9.17) is 4.74 Å². The first-order valence-corrected chi connectivity index (χ1v) is 7.91. The van der Waals surface area contributed by atoms with Gasteiger partial charge in [-0.15, -0.1) is 0 Å². The van der Waals surface area contributed by atoms with Gasteiger partial charge < -0.3 is 9.22 Å². The van der Waals surface area contributed by atoms with E-state index in [0.29, 0.717) is 5.92 Å². The monoisotopic (exact) mass is 258 g/mol. The van der Waals surface area contributed by atoms with Crippen LogP contribution in [0, 0.1) is 5.92 Å². The zero-order valence-electron chi connectivity index (χ0n) is 13.5. The summed E-state index contributed by atoms with van der Waals surface area (Å²) in [5.74, 6) is 0.694. The highest BCUT2D eigenvalue weighted by Crippen LogP contribution is 2.09. The summed E-state index contributed by atoms with van der Waals surface area (Å²) in [6.07, 6.45) is 9.48. The van der Waals surface area contributed by atoms with E-state index in [9.17, 15) is 0 Å². The predicted octanol–water partition coefficient (Wildman–Crippen LogP) is 4.44. The van der Waals surface area contributed by atoms with Crippen molar-refractivity contribution in [2.24, 2.45) is 5.92 Å². The van der Waals surface area contributed by atoms with Crippen LogP contribution in [0.2, 0.25) is 0 Å². The van der Waals surface area contributed by atoms with Gasteiger partial charge in [-0.25, -0.2) is 0 Å². The van der Waals surface area contributed by atoms with Gasteiger partial charge in [-0.2, -0.15) is 0 Å². The summed E-state index contributed by atoms with van der Waals surface area (Å²) in [7, 11) is 4.56. The van der Waals surface area contributed by atoms with Crippen LogP contribution in [0.5, 0.6) is 0 Å². The zero-order valence-corrected chi connectivity index (χ0v) is 13.5. The maximum atomic E-state index is 5.82. The summed E-state index contributed by atoms with van der Waals surface area (Å²) in [6.45, 7) is 9.77. The summed E-state index contributed by atoms with van der Waals surface area (Å²) < 4.78 is 6.82. The average Bonchev–Trinajstić information content (AvgIpc) is 2.33.